The first-order valence-corrected chi connectivity index (χ1v) is 9.72. The summed E-state index contributed by atoms with van der Waals surface area (Å²) in [6, 6.07) is 13.5. The van der Waals surface area contributed by atoms with Crippen molar-refractivity contribution in [2.24, 2.45) is 5.92 Å². The lowest BCUT2D eigenvalue weighted by molar-refractivity contribution is -0.862. The Balaban J connectivity index is 0.000000296. The molecule has 0 spiro atoms. The Morgan fingerprint density at radius 1 is 1.14 bits per heavy atom. The molecular weight excluding hydrogens is 370 g/mol. The number of benzene rings is 2. The Morgan fingerprint density at radius 2 is 1.79 bits per heavy atom. The van der Waals surface area contributed by atoms with E-state index in [1.54, 1.807) is 12.1 Å². The van der Waals surface area contributed by atoms with Crippen LogP contribution < -0.4 is 14.7 Å². The summed E-state index contributed by atoms with van der Waals surface area (Å²) in [5, 5.41) is 20.0. The van der Waals surface area contributed by atoms with E-state index in [0.717, 1.165) is 13.0 Å². The lowest BCUT2D eigenvalue weighted by atomic mass is 9.85. The Kier molecular flexibility index (Phi) is 9.89. The lowest BCUT2D eigenvalue weighted by Gasteiger charge is -2.24. The maximum absolute atomic E-state index is 10.6. The highest BCUT2D eigenvalue weighted by Crippen LogP contribution is 2.29. The first kappa shape index (κ1) is 24.2. The summed E-state index contributed by atoms with van der Waals surface area (Å²) in [7, 11) is 4.37. The number of aromatic hydroxyl groups is 1. The fourth-order valence-electron chi connectivity index (χ4n) is 3.39. The molecule has 2 unspecified atom stereocenters. The maximum Gasteiger partial charge on any atom is 0.308 e. The monoisotopic (exact) mass is 401 g/mol. The standard InChI is InChI=1S/C14H23NO.C9H8O4/c1-5-14(11(2)10-15(3)4)12-7-6-8-13(16)9-12;1-6(10)13-8-5-3-2-4-7(8)9(11)12/h6-9,11,14,16H,5,10H2,1-4H3;2-5H,1H3,(H,11,12). The number of carboxylic acids is 1. The molecule has 0 radical (unpaired) electrons. The molecular formula is C23H31NO5. The van der Waals surface area contributed by atoms with Gasteiger partial charge in [0.25, 0.3) is 0 Å². The van der Waals surface area contributed by atoms with Gasteiger partial charge in [0.15, 0.2) is 0 Å². The normalized spacial score (nSPS) is 12.5. The molecule has 2 aromatic carbocycles. The number of carbonyl (C=O) groups is 2. The molecule has 0 fully saturated rings. The number of hydrogen-bond donors (Lipinski definition) is 2. The van der Waals surface area contributed by atoms with Crippen LogP contribution in [0.3, 0.4) is 0 Å². The van der Waals surface area contributed by atoms with Crippen molar-refractivity contribution in [2.75, 3.05) is 20.6 Å². The third kappa shape index (κ3) is 8.35. The van der Waals surface area contributed by atoms with Crippen LogP contribution in [0.4, 0.5) is 0 Å². The molecule has 2 atom stereocenters. The smallest absolute Gasteiger partial charge is 0.308 e. The summed E-state index contributed by atoms with van der Waals surface area (Å²) in [5.41, 5.74) is 1.13. The van der Waals surface area contributed by atoms with Gasteiger partial charge in [0.1, 0.15) is 11.5 Å². The zero-order valence-corrected chi connectivity index (χ0v) is 17.8. The summed E-state index contributed by atoms with van der Waals surface area (Å²) < 4.78 is 4.65. The van der Waals surface area contributed by atoms with Crippen LogP contribution in [0.2, 0.25) is 0 Å². The minimum absolute atomic E-state index is 0.00926. The quantitative estimate of drug-likeness (QED) is 0.544. The van der Waals surface area contributed by atoms with Crippen molar-refractivity contribution in [3.05, 3.63) is 59.7 Å². The Morgan fingerprint density at radius 3 is 2.31 bits per heavy atom. The fraction of sp³-hybridized carbons (Fsp3) is 0.391. The van der Waals surface area contributed by atoms with Crippen molar-refractivity contribution in [1.82, 2.24) is 0 Å². The molecule has 0 amide bonds. The van der Waals surface area contributed by atoms with Crippen LogP contribution in [-0.2, 0) is 4.79 Å². The topological polar surface area (TPSA) is 91.1 Å². The number of rotatable bonds is 7. The predicted octanol–water partition coefficient (Wildman–Crippen LogP) is 1.64. The van der Waals surface area contributed by atoms with Gasteiger partial charge in [-0.05, 0) is 42.2 Å². The van der Waals surface area contributed by atoms with Gasteiger partial charge in [-0.15, -0.1) is 0 Å². The molecule has 0 saturated carbocycles. The predicted molar refractivity (Wildman–Crippen MR) is 110 cm³/mol. The van der Waals surface area contributed by atoms with Crippen molar-refractivity contribution in [1.29, 1.82) is 0 Å². The molecule has 0 aliphatic heterocycles. The van der Waals surface area contributed by atoms with E-state index < -0.39 is 11.9 Å². The molecule has 0 heterocycles. The van der Waals surface area contributed by atoms with Gasteiger partial charge in [-0.1, -0.05) is 38.1 Å². The van der Waals surface area contributed by atoms with Gasteiger partial charge in [0.2, 0.25) is 0 Å². The second kappa shape index (κ2) is 11.9. The molecule has 29 heavy (non-hydrogen) atoms. The molecule has 0 aromatic heterocycles. The number of carboxylic acid groups (broad SMARTS) is 1. The number of esters is 1. The number of para-hydroxylation sites is 1. The number of phenols is 1. The second-order valence-corrected chi connectivity index (χ2v) is 7.38. The molecule has 2 N–H and O–H groups in total. The van der Waals surface area contributed by atoms with Crippen LogP contribution in [0.15, 0.2) is 48.5 Å². The van der Waals surface area contributed by atoms with Gasteiger partial charge in [-0.2, -0.15) is 0 Å². The molecule has 0 aliphatic rings. The first-order valence-electron chi connectivity index (χ1n) is 9.72. The molecule has 158 valence electrons. The Bertz CT molecular complexity index is 803. The van der Waals surface area contributed by atoms with Crippen molar-refractivity contribution >= 4 is 11.9 Å². The van der Waals surface area contributed by atoms with E-state index in [9.17, 15) is 19.8 Å². The van der Waals surface area contributed by atoms with Crippen LogP contribution in [0, 0.1) is 5.92 Å². The third-order valence-electron chi connectivity index (χ3n) is 4.52. The zero-order valence-electron chi connectivity index (χ0n) is 17.8. The van der Waals surface area contributed by atoms with Crippen molar-refractivity contribution in [2.45, 2.75) is 33.1 Å². The molecule has 2 rings (SSSR count). The van der Waals surface area contributed by atoms with Crippen molar-refractivity contribution < 1.29 is 29.4 Å². The van der Waals surface area contributed by atoms with Gasteiger partial charge in [-0.3, -0.25) is 4.79 Å². The molecule has 6 nitrogen and oxygen atoms in total. The number of ether oxygens (including phenoxy) is 1. The molecule has 0 bridgehead atoms. The van der Waals surface area contributed by atoms with Gasteiger partial charge >= 0.3 is 5.97 Å². The Hall–Kier alpha value is -2.86. The third-order valence-corrected chi connectivity index (χ3v) is 4.52. The van der Waals surface area contributed by atoms with Crippen LogP contribution in [0.1, 0.15) is 49.0 Å². The van der Waals surface area contributed by atoms with Gasteiger partial charge < -0.3 is 24.6 Å². The average molecular weight is 402 g/mol. The maximum atomic E-state index is 10.6. The number of aromatic carboxylic acids is 1. The lowest BCUT2D eigenvalue weighted by Crippen LogP contribution is -3.06. The van der Waals surface area contributed by atoms with E-state index in [-0.39, 0.29) is 11.3 Å². The van der Waals surface area contributed by atoms with E-state index in [4.69, 9.17) is 0 Å². The summed E-state index contributed by atoms with van der Waals surface area (Å²) in [6.45, 7) is 6.88. The van der Waals surface area contributed by atoms with Gasteiger partial charge in [0.05, 0.1) is 26.6 Å². The highest BCUT2D eigenvalue weighted by molar-refractivity contribution is 5.90. The average Bonchev–Trinajstić information content (AvgIpc) is 2.62. The summed E-state index contributed by atoms with van der Waals surface area (Å²) in [4.78, 5) is 22.5. The van der Waals surface area contributed by atoms with Crippen LogP contribution in [0.5, 0.6) is 11.5 Å². The largest absolute Gasteiger partial charge is 0.545 e. The van der Waals surface area contributed by atoms with Crippen molar-refractivity contribution in [3.8, 4) is 11.5 Å². The SMILES string of the molecule is CC(=O)Oc1ccccc1C(=O)[O-].CCC(c1cccc(O)c1)C(C)C[NH+](C)C. The fourth-order valence-corrected chi connectivity index (χ4v) is 3.39. The van der Waals surface area contributed by atoms with Crippen LogP contribution in [-0.4, -0.2) is 37.7 Å². The minimum Gasteiger partial charge on any atom is -0.545 e. The highest BCUT2D eigenvalue weighted by atomic mass is 16.5. The van der Waals surface area contributed by atoms with Crippen LogP contribution in [0.25, 0.3) is 0 Å². The molecule has 0 aliphatic carbocycles. The van der Waals surface area contributed by atoms with Crippen LogP contribution >= 0.6 is 0 Å². The number of hydrogen-bond acceptors (Lipinski definition) is 5. The highest BCUT2D eigenvalue weighted by Gasteiger charge is 2.20. The van der Waals surface area contributed by atoms with E-state index in [0.29, 0.717) is 17.6 Å². The Labute approximate surface area is 172 Å². The minimum atomic E-state index is -1.36. The number of phenolic OH excluding ortho intramolecular Hbond substituents is 1. The summed E-state index contributed by atoms with van der Waals surface area (Å²) in [6.07, 6.45) is 1.12. The molecule has 6 heteroatoms. The van der Waals surface area contributed by atoms with E-state index in [2.05, 4.69) is 38.7 Å². The number of quaternary nitrogens is 1. The molecule has 0 saturated heterocycles. The first-order chi connectivity index (χ1) is 13.6. The van der Waals surface area contributed by atoms with E-state index in [1.165, 1.54) is 35.6 Å². The van der Waals surface area contributed by atoms with E-state index >= 15 is 0 Å². The number of carbonyl (C=O) groups excluding carboxylic acids is 2. The van der Waals surface area contributed by atoms with E-state index in [1.807, 2.05) is 12.1 Å². The second-order valence-electron chi connectivity index (χ2n) is 7.38. The molecule has 2 aromatic rings. The van der Waals surface area contributed by atoms with Gasteiger partial charge in [0, 0.05) is 18.4 Å². The van der Waals surface area contributed by atoms with Crippen molar-refractivity contribution in [3.63, 3.8) is 0 Å². The number of nitrogens with one attached hydrogen (secondary N) is 1. The summed E-state index contributed by atoms with van der Waals surface area (Å²) in [5.74, 6) is -0.361. The summed E-state index contributed by atoms with van der Waals surface area (Å²) >= 11 is 0. The van der Waals surface area contributed by atoms with Gasteiger partial charge in [-0.25, -0.2) is 0 Å². The zero-order chi connectivity index (χ0) is 22.0.